The van der Waals surface area contributed by atoms with Crippen LogP contribution >= 0.6 is 0 Å². The highest BCUT2D eigenvalue weighted by molar-refractivity contribution is 7.90. The number of anilines is 2. The Morgan fingerprint density at radius 3 is 2.20 bits per heavy atom. The van der Waals surface area contributed by atoms with Crippen molar-refractivity contribution in [2.75, 3.05) is 22.8 Å². The van der Waals surface area contributed by atoms with Gasteiger partial charge in [0.25, 0.3) is 0 Å². The van der Waals surface area contributed by atoms with Crippen LogP contribution in [-0.4, -0.2) is 36.4 Å². The van der Waals surface area contributed by atoms with E-state index in [0.717, 1.165) is 5.56 Å². The normalized spacial score (nSPS) is 13.3. The van der Waals surface area contributed by atoms with Gasteiger partial charge in [-0.15, -0.1) is 0 Å². The van der Waals surface area contributed by atoms with Crippen LogP contribution in [-0.2, 0) is 9.84 Å². The van der Waals surface area contributed by atoms with Gasteiger partial charge in [-0.05, 0) is 13.8 Å². The Hall–Kier alpha value is -1.41. The molecule has 0 saturated heterocycles. The van der Waals surface area contributed by atoms with E-state index in [1.165, 1.54) is 6.26 Å². The number of nitrogens with zero attached hydrogens (tertiary/aromatic N) is 2. The van der Waals surface area contributed by atoms with E-state index in [0.29, 0.717) is 17.5 Å². The predicted molar refractivity (Wildman–Crippen MR) is 81.5 cm³/mol. The number of nitrogens with two attached hydrogens (primary N) is 1. The van der Waals surface area contributed by atoms with Crippen LogP contribution in [0, 0.1) is 6.92 Å². The topological polar surface area (TPSA) is 110 Å². The molecule has 20 heavy (non-hydrogen) atoms. The minimum atomic E-state index is -3.04. The van der Waals surface area contributed by atoms with Crippen molar-refractivity contribution in [1.82, 2.24) is 9.97 Å². The molecule has 0 amide bonds. The highest BCUT2D eigenvalue weighted by atomic mass is 32.2. The van der Waals surface area contributed by atoms with Crippen LogP contribution in [0.3, 0.4) is 0 Å². The molecule has 0 radical (unpaired) electrons. The minimum absolute atomic E-state index is 0.0405. The molecule has 0 spiro atoms. The summed E-state index contributed by atoms with van der Waals surface area (Å²) in [4.78, 5) is 8.77. The second-order valence-electron chi connectivity index (χ2n) is 5.34. The summed E-state index contributed by atoms with van der Waals surface area (Å²) in [5.41, 5.74) is 3.30. The first kappa shape index (κ1) is 16.6. The fraction of sp³-hybridized carbons (Fsp3) is 0.667. The second-order valence-corrected chi connectivity index (χ2v) is 7.53. The molecule has 7 nitrogen and oxygen atoms in total. The van der Waals surface area contributed by atoms with Gasteiger partial charge in [-0.1, -0.05) is 13.8 Å². The average Bonchev–Trinajstić information content (AvgIpc) is 2.28. The lowest BCUT2D eigenvalue weighted by Crippen LogP contribution is -2.27. The van der Waals surface area contributed by atoms with Gasteiger partial charge in [0.1, 0.15) is 27.3 Å². The molecule has 0 aliphatic rings. The first-order chi connectivity index (χ1) is 9.14. The Morgan fingerprint density at radius 2 is 1.75 bits per heavy atom. The number of hydrogen-bond donors (Lipinski definition) is 3. The van der Waals surface area contributed by atoms with Gasteiger partial charge >= 0.3 is 0 Å². The quantitative estimate of drug-likeness (QED) is 0.532. The molecular weight excluding hydrogens is 278 g/mol. The lowest BCUT2D eigenvalue weighted by molar-refractivity contribution is 0.597. The van der Waals surface area contributed by atoms with Crippen molar-refractivity contribution < 1.29 is 8.42 Å². The Balaban J connectivity index is 3.07. The van der Waals surface area contributed by atoms with Gasteiger partial charge < -0.3 is 10.7 Å². The zero-order valence-electron chi connectivity index (χ0n) is 12.6. The van der Waals surface area contributed by atoms with Gasteiger partial charge in [0.2, 0.25) is 0 Å². The Morgan fingerprint density at radius 1 is 1.20 bits per heavy atom. The number of rotatable bonds is 6. The molecule has 0 aliphatic carbocycles. The maximum absolute atomic E-state index is 11.3. The third-order valence-electron chi connectivity index (χ3n) is 2.75. The minimum Gasteiger partial charge on any atom is -0.366 e. The van der Waals surface area contributed by atoms with Gasteiger partial charge in [-0.25, -0.2) is 24.2 Å². The van der Waals surface area contributed by atoms with Gasteiger partial charge in [-0.3, -0.25) is 0 Å². The van der Waals surface area contributed by atoms with E-state index < -0.39 is 9.84 Å². The molecule has 0 saturated carbocycles. The molecule has 1 heterocycles. The molecular formula is C12H23N5O2S. The molecule has 1 aromatic heterocycles. The number of nitrogens with one attached hydrogen (secondary N) is 2. The predicted octanol–water partition coefficient (Wildman–Crippen LogP) is 1.04. The summed E-state index contributed by atoms with van der Waals surface area (Å²) in [6, 6.07) is -0.246. The summed E-state index contributed by atoms with van der Waals surface area (Å²) in [7, 11) is -3.04. The third-order valence-corrected chi connectivity index (χ3v) is 3.86. The molecule has 1 atom stereocenters. The number of nitrogen functional groups attached to an aromatic ring is 1. The zero-order valence-corrected chi connectivity index (χ0v) is 13.4. The van der Waals surface area contributed by atoms with Crippen molar-refractivity contribution in [2.24, 2.45) is 5.84 Å². The highest BCUT2D eigenvalue weighted by Crippen LogP contribution is 2.23. The van der Waals surface area contributed by atoms with Crippen LogP contribution in [0.5, 0.6) is 0 Å². The largest absolute Gasteiger partial charge is 0.366 e. The van der Waals surface area contributed by atoms with Crippen molar-refractivity contribution in [3.63, 3.8) is 0 Å². The smallest absolute Gasteiger partial charge is 0.149 e. The SMILES string of the molecule is Cc1c(NN)nc(C(C)C)nc1NC(C)CS(C)(=O)=O. The van der Waals surface area contributed by atoms with Crippen molar-refractivity contribution in [3.8, 4) is 0 Å². The summed E-state index contributed by atoms with van der Waals surface area (Å²) in [6.45, 7) is 7.59. The second kappa shape index (κ2) is 6.36. The third kappa shape index (κ3) is 4.61. The van der Waals surface area contributed by atoms with Crippen molar-refractivity contribution in [3.05, 3.63) is 11.4 Å². The van der Waals surface area contributed by atoms with Crippen molar-refractivity contribution in [1.29, 1.82) is 0 Å². The van der Waals surface area contributed by atoms with E-state index in [-0.39, 0.29) is 17.7 Å². The molecule has 0 bridgehead atoms. The van der Waals surface area contributed by atoms with Crippen molar-refractivity contribution >= 4 is 21.5 Å². The van der Waals surface area contributed by atoms with Crippen molar-refractivity contribution in [2.45, 2.75) is 39.7 Å². The monoisotopic (exact) mass is 301 g/mol. The van der Waals surface area contributed by atoms with Crippen LogP contribution in [0.2, 0.25) is 0 Å². The number of aromatic nitrogens is 2. The maximum Gasteiger partial charge on any atom is 0.149 e. The lowest BCUT2D eigenvalue weighted by Gasteiger charge is -2.18. The van der Waals surface area contributed by atoms with Crippen LogP contribution in [0.15, 0.2) is 0 Å². The standard InChI is InChI=1S/C12H23N5O2S/c1-7(2)10-15-11(9(4)12(16-10)17-13)14-8(3)6-20(5,18)19/h7-8H,6,13H2,1-5H3,(H2,14,15,16,17). The molecule has 0 aliphatic heterocycles. The van der Waals surface area contributed by atoms with Gasteiger partial charge in [0.15, 0.2) is 0 Å². The molecule has 114 valence electrons. The number of sulfone groups is 1. The van der Waals surface area contributed by atoms with E-state index in [2.05, 4.69) is 20.7 Å². The molecule has 0 aromatic carbocycles. The molecule has 0 fully saturated rings. The van der Waals surface area contributed by atoms with Crippen LogP contribution < -0.4 is 16.6 Å². The Bertz CT molecular complexity index is 571. The Kier molecular flexibility index (Phi) is 5.29. The van der Waals surface area contributed by atoms with Crippen LogP contribution in [0.4, 0.5) is 11.6 Å². The van der Waals surface area contributed by atoms with Crippen LogP contribution in [0.1, 0.15) is 38.1 Å². The molecule has 4 N–H and O–H groups in total. The first-order valence-electron chi connectivity index (χ1n) is 6.43. The average molecular weight is 301 g/mol. The summed E-state index contributed by atoms with van der Waals surface area (Å²) in [6.07, 6.45) is 1.21. The zero-order chi connectivity index (χ0) is 15.5. The fourth-order valence-corrected chi connectivity index (χ4v) is 2.79. The molecule has 1 rings (SSSR count). The van der Waals surface area contributed by atoms with Crippen LogP contribution in [0.25, 0.3) is 0 Å². The molecule has 1 unspecified atom stereocenters. The summed E-state index contributed by atoms with van der Waals surface area (Å²) in [5.74, 6) is 7.44. The van der Waals surface area contributed by atoms with Gasteiger partial charge in [0.05, 0.1) is 5.75 Å². The number of hydrogen-bond acceptors (Lipinski definition) is 7. The molecule has 1 aromatic rings. The van der Waals surface area contributed by atoms with E-state index >= 15 is 0 Å². The Labute approximate surface area is 120 Å². The highest BCUT2D eigenvalue weighted by Gasteiger charge is 2.16. The lowest BCUT2D eigenvalue weighted by atomic mass is 10.2. The van der Waals surface area contributed by atoms with E-state index in [9.17, 15) is 8.42 Å². The fourth-order valence-electron chi connectivity index (χ4n) is 1.80. The number of hydrazine groups is 1. The van der Waals surface area contributed by atoms with E-state index in [4.69, 9.17) is 5.84 Å². The van der Waals surface area contributed by atoms with E-state index in [1.54, 1.807) is 6.92 Å². The summed E-state index contributed by atoms with van der Waals surface area (Å²) < 4.78 is 22.6. The maximum atomic E-state index is 11.3. The van der Waals surface area contributed by atoms with E-state index in [1.807, 2.05) is 20.8 Å². The van der Waals surface area contributed by atoms with Gasteiger partial charge in [-0.2, -0.15) is 0 Å². The molecule has 8 heteroatoms. The summed E-state index contributed by atoms with van der Waals surface area (Å²) >= 11 is 0. The van der Waals surface area contributed by atoms with Gasteiger partial charge in [0, 0.05) is 23.8 Å². The first-order valence-corrected chi connectivity index (χ1v) is 8.49. The summed E-state index contributed by atoms with van der Waals surface area (Å²) in [5, 5.41) is 3.11.